The molecule has 4 nitrogen and oxygen atoms in total. The molecule has 0 fully saturated rings. The van der Waals surface area contributed by atoms with E-state index in [2.05, 4.69) is 5.32 Å². The Morgan fingerprint density at radius 3 is 2.95 bits per heavy atom. The van der Waals surface area contributed by atoms with Crippen LogP contribution in [0, 0.1) is 0 Å². The first kappa shape index (κ1) is 13.9. The third kappa shape index (κ3) is 3.08. The predicted molar refractivity (Wildman–Crippen MR) is 76.2 cm³/mol. The molecule has 0 atom stereocenters. The molecule has 2 aromatic rings. The number of nitrogens with one attached hydrogen (secondary N) is 1. The van der Waals surface area contributed by atoms with Crippen LogP contribution in [0.4, 0.5) is 0 Å². The second kappa shape index (κ2) is 6.08. The Balaban J connectivity index is 2.27. The minimum Gasteiger partial charge on any atom is -0.392 e. The van der Waals surface area contributed by atoms with Crippen molar-refractivity contribution in [1.82, 2.24) is 9.88 Å². The van der Waals surface area contributed by atoms with Crippen LogP contribution >= 0.6 is 11.6 Å². The van der Waals surface area contributed by atoms with E-state index in [4.69, 9.17) is 11.6 Å². The van der Waals surface area contributed by atoms with Crippen LogP contribution in [0.1, 0.15) is 18.9 Å². The highest BCUT2D eigenvalue weighted by molar-refractivity contribution is 6.31. The van der Waals surface area contributed by atoms with Crippen LogP contribution in [0.25, 0.3) is 10.9 Å². The Morgan fingerprint density at radius 2 is 2.26 bits per heavy atom. The number of nitrogens with zero attached hydrogens (tertiary/aromatic N) is 1. The third-order valence-corrected chi connectivity index (χ3v) is 3.29. The fraction of sp³-hybridized carbons (Fsp3) is 0.357. The van der Waals surface area contributed by atoms with Gasteiger partial charge < -0.3 is 15.0 Å². The maximum atomic E-state index is 11.5. The van der Waals surface area contributed by atoms with Crippen LogP contribution in [-0.4, -0.2) is 22.1 Å². The van der Waals surface area contributed by atoms with Gasteiger partial charge in [-0.3, -0.25) is 4.79 Å². The first-order valence-electron chi connectivity index (χ1n) is 6.30. The fourth-order valence-electron chi connectivity index (χ4n) is 2.16. The summed E-state index contributed by atoms with van der Waals surface area (Å²) in [6, 6.07) is 5.55. The second-order valence-electron chi connectivity index (χ2n) is 4.37. The summed E-state index contributed by atoms with van der Waals surface area (Å²) in [6.45, 7) is 3.08. The molecule has 2 rings (SSSR count). The molecular formula is C14H17ClN2O2. The zero-order chi connectivity index (χ0) is 13.8. The topological polar surface area (TPSA) is 54.3 Å². The first-order valence-corrected chi connectivity index (χ1v) is 6.68. The van der Waals surface area contributed by atoms with Crippen molar-refractivity contribution in [2.24, 2.45) is 0 Å². The molecule has 0 bridgehead atoms. The van der Waals surface area contributed by atoms with Crippen LogP contribution in [0.3, 0.4) is 0 Å². The highest BCUT2D eigenvalue weighted by Gasteiger charge is 2.09. The van der Waals surface area contributed by atoms with Crippen molar-refractivity contribution >= 4 is 28.4 Å². The number of benzene rings is 1. The Kier molecular flexibility index (Phi) is 4.45. The molecule has 2 N–H and O–H groups in total. The number of hydrogen-bond donors (Lipinski definition) is 2. The largest absolute Gasteiger partial charge is 0.392 e. The van der Waals surface area contributed by atoms with Crippen molar-refractivity contribution in [1.29, 1.82) is 0 Å². The number of aliphatic hydroxyl groups is 1. The standard InChI is InChI=1S/C14H17ClN2O2/c1-2-16-14(19)5-6-17-8-10(9-18)12-4-3-11(15)7-13(12)17/h3-4,7-8,18H,2,5-6,9H2,1H3,(H,16,19). The molecule has 1 amide bonds. The van der Waals surface area contributed by atoms with Crippen LogP contribution in [-0.2, 0) is 17.9 Å². The Morgan fingerprint density at radius 1 is 1.47 bits per heavy atom. The number of rotatable bonds is 5. The summed E-state index contributed by atoms with van der Waals surface area (Å²) in [7, 11) is 0. The number of aryl methyl sites for hydroxylation is 1. The highest BCUT2D eigenvalue weighted by Crippen LogP contribution is 2.25. The number of aromatic nitrogens is 1. The van der Waals surface area contributed by atoms with Gasteiger partial charge in [0.25, 0.3) is 0 Å². The average Bonchev–Trinajstić information content (AvgIpc) is 2.74. The molecule has 19 heavy (non-hydrogen) atoms. The number of hydrogen-bond acceptors (Lipinski definition) is 2. The summed E-state index contributed by atoms with van der Waals surface area (Å²) in [5, 5.41) is 13.7. The van der Waals surface area contributed by atoms with Gasteiger partial charge in [0.1, 0.15) is 0 Å². The molecule has 0 saturated heterocycles. The van der Waals surface area contributed by atoms with E-state index in [1.165, 1.54) is 0 Å². The summed E-state index contributed by atoms with van der Waals surface area (Å²) in [5.74, 6) is 0.0249. The van der Waals surface area contributed by atoms with E-state index >= 15 is 0 Å². The predicted octanol–water partition coefficient (Wildman–Crippen LogP) is 2.31. The summed E-state index contributed by atoms with van der Waals surface area (Å²) >= 11 is 6.00. The van der Waals surface area contributed by atoms with Crippen molar-refractivity contribution < 1.29 is 9.90 Å². The normalized spacial score (nSPS) is 10.9. The maximum Gasteiger partial charge on any atom is 0.221 e. The van der Waals surface area contributed by atoms with E-state index in [-0.39, 0.29) is 12.5 Å². The van der Waals surface area contributed by atoms with Crippen molar-refractivity contribution in [3.05, 3.63) is 35.0 Å². The molecule has 1 aromatic carbocycles. The Hall–Kier alpha value is -1.52. The van der Waals surface area contributed by atoms with E-state index in [1.54, 1.807) is 6.07 Å². The van der Waals surface area contributed by atoms with Crippen molar-refractivity contribution in [3.8, 4) is 0 Å². The molecule has 102 valence electrons. The van der Waals surface area contributed by atoms with Gasteiger partial charge in [0, 0.05) is 47.2 Å². The number of carbonyl (C=O) groups is 1. The zero-order valence-corrected chi connectivity index (χ0v) is 11.6. The third-order valence-electron chi connectivity index (χ3n) is 3.05. The molecule has 0 saturated carbocycles. The number of carbonyl (C=O) groups excluding carboxylic acids is 1. The lowest BCUT2D eigenvalue weighted by Crippen LogP contribution is -2.23. The summed E-state index contributed by atoms with van der Waals surface area (Å²) in [5.41, 5.74) is 1.79. The van der Waals surface area contributed by atoms with Gasteiger partial charge in [-0.25, -0.2) is 0 Å². The maximum absolute atomic E-state index is 11.5. The first-order chi connectivity index (χ1) is 9.15. The molecule has 0 aliphatic heterocycles. The van der Waals surface area contributed by atoms with Crippen molar-refractivity contribution in [2.75, 3.05) is 6.54 Å². The number of fused-ring (bicyclic) bond motifs is 1. The molecule has 0 spiro atoms. The van der Waals surface area contributed by atoms with E-state index < -0.39 is 0 Å². The van der Waals surface area contributed by atoms with Crippen LogP contribution in [0.2, 0.25) is 5.02 Å². The van der Waals surface area contributed by atoms with Gasteiger partial charge >= 0.3 is 0 Å². The van der Waals surface area contributed by atoms with Gasteiger partial charge in [-0.1, -0.05) is 17.7 Å². The van der Waals surface area contributed by atoms with E-state index in [1.807, 2.05) is 29.8 Å². The lowest BCUT2D eigenvalue weighted by atomic mass is 10.2. The van der Waals surface area contributed by atoms with Gasteiger partial charge in [-0.05, 0) is 19.1 Å². The quantitative estimate of drug-likeness (QED) is 0.883. The number of amides is 1. The fourth-order valence-corrected chi connectivity index (χ4v) is 2.33. The van der Waals surface area contributed by atoms with Gasteiger partial charge in [0.15, 0.2) is 0 Å². The van der Waals surface area contributed by atoms with E-state index in [0.29, 0.717) is 24.5 Å². The minimum atomic E-state index is -0.0215. The van der Waals surface area contributed by atoms with Crippen LogP contribution in [0.15, 0.2) is 24.4 Å². The summed E-state index contributed by atoms with van der Waals surface area (Å²) < 4.78 is 1.96. The van der Waals surface area contributed by atoms with Crippen molar-refractivity contribution in [3.63, 3.8) is 0 Å². The second-order valence-corrected chi connectivity index (χ2v) is 4.81. The SMILES string of the molecule is CCNC(=O)CCn1cc(CO)c2ccc(Cl)cc21. The van der Waals surface area contributed by atoms with Gasteiger partial charge in [-0.15, -0.1) is 0 Å². The summed E-state index contributed by atoms with van der Waals surface area (Å²) in [6.07, 6.45) is 2.29. The Bertz CT molecular complexity index is 592. The monoisotopic (exact) mass is 280 g/mol. The number of aliphatic hydroxyl groups excluding tert-OH is 1. The van der Waals surface area contributed by atoms with Crippen LogP contribution < -0.4 is 5.32 Å². The average molecular weight is 281 g/mol. The molecule has 0 aliphatic carbocycles. The minimum absolute atomic E-state index is 0.0215. The summed E-state index contributed by atoms with van der Waals surface area (Å²) in [4.78, 5) is 11.5. The molecule has 0 radical (unpaired) electrons. The molecule has 1 heterocycles. The molecule has 0 unspecified atom stereocenters. The smallest absolute Gasteiger partial charge is 0.221 e. The van der Waals surface area contributed by atoms with Crippen molar-refractivity contribution in [2.45, 2.75) is 26.5 Å². The van der Waals surface area contributed by atoms with Crippen LogP contribution in [0.5, 0.6) is 0 Å². The molecule has 5 heteroatoms. The molecular weight excluding hydrogens is 264 g/mol. The lowest BCUT2D eigenvalue weighted by Gasteiger charge is -2.05. The van der Waals surface area contributed by atoms with E-state index in [0.717, 1.165) is 16.5 Å². The van der Waals surface area contributed by atoms with Gasteiger partial charge in [-0.2, -0.15) is 0 Å². The molecule has 1 aromatic heterocycles. The van der Waals surface area contributed by atoms with Gasteiger partial charge in [0.2, 0.25) is 5.91 Å². The zero-order valence-electron chi connectivity index (χ0n) is 10.8. The lowest BCUT2D eigenvalue weighted by molar-refractivity contribution is -0.121. The van der Waals surface area contributed by atoms with Gasteiger partial charge in [0.05, 0.1) is 6.61 Å². The van der Waals surface area contributed by atoms with E-state index in [9.17, 15) is 9.90 Å². The number of halogens is 1. The Labute approximate surface area is 117 Å². The molecule has 0 aliphatic rings. The highest BCUT2D eigenvalue weighted by atomic mass is 35.5.